The molecule has 1 unspecified atom stereocenters. The van der Waals surface area contributed by atoms with Gasteiger partial charge in [0, 0.05) is 22.5 Å². The molecule has 2 fully saturated rings. The molecule has 1 atom stereocenters. The van der Waals surface area contributed by atoms with Crippen molar-refractivity contribution in [1.82, 2.24) is 4.90 Å². The molecule has 0 radical (unpaired) electrons. The molecule has 1 aliphatic heterocycles. The molecular formula is C18H24ClN3S2. The van der Waals surface area contributed by atoms with Crippen molar-refractivity contribution >= 4 is 51.5 Å². The molecular weight excluding hydrogens is 358 g/mol. The summed E-state index contributed by atoms with van der Waals surface area (Å²) in [6.07, 6.45) is 7.72. The van der Waals surface area contributed by atoms with E-state index in [0.29, 0.717) is 21.4 Å². The third kappa shape index (κ3) is 4.87. The molecule has 130 valence electrons. The van der Waals surface area contributed by atoms with Crippen molar-refractivity contribution in [2.45, 2.75) is 56.7 Å². The van der Waals surface area contributed by atoms with E-state index in [1.54, 1.807) is 0 Å². The topological polar surface area (TPSA) is 27.6 Å². The molecule has 1 aliphatic carbocycles. The molecule has 0 aromatic heterocycles. The van der Waals surface area contributed by atoms with Gasteiger partial charge in [-0.1, -0.05) is 62.0 Å². The molecule has 1 saturated heterocycles. The van der Waals surface area contributed by atoms with Crippen LogP contribution in [0.5, 0.6) is 0 Å². The smallest absolute Gasteiger partial charge is 0.179 e. The molecule has 1 heterocycles. The Morgan fingerprint density at radius 2 is 2.04 bits per heavy atom. The first-order chi connectivity index (χ1) is 11.6. The average molecular weight is 382 g/mol. The van der Waals surface area contributed by atoms with Crippen LogP contribution in [0.1, 0.15) is 45.4 Å². The van der Waals surface area contributed by atoms with Gasteiger partial charge in [-0.25, -0.2) is 0 Å². The highest BCUT2D eigenvalue weighted by Crippen LogP contribution is 2.29. The van der Waals surface area contributed by atoms with Crippen molar-refractivity contribution in [3.05, 3.63) is 29.3 Å². The van der Waals surface area contributed by atoms with Gasteiger partial charge < -0.3 is 5.32 Å². The molecule has 1 saturated carbocycles. The van der Waals surface area contributed by atoms with Crippen LogP contribution in [0.15, 0.2) is 29.3 Å². The predicted octanol–water partition coefficient (Wildman–Crippen LogP) is 5.55. The maximum absolute atomic E-state index is 6.06. The largest absolute Gasteiger partial charge is 0.332 e. The second-order valence-corrected chi connectivity index (χ2v) is 8.77. The number of thiocarbonyl (C=S) groups is 1. The number of hydrogen-bond acceptors (Lipinski definition) is 3. The van der Waals surface area contributed by atoms with E-state index >= 15 is 0 Å². The van der Waals surface area contributed by atoms with Crippen LogP contribution in [0.4, 0.5) is 5.69 Å². The SMILES string of the molecule is CC1CN(C(=S)Nc2cccc(Cl)c2)/C(=N\C2CCCCCC2)S1. The maximum atomic E-state index is 6.06. The first-order valence-corrected chi connectivity index (χ1v) is 10.4. The van der Waals surface area contributed by atoms with Gasteiger partial charge in [0.25, 0.3) is 0 Å². The second kappa shape index (κ2) is 8.54. The number of amidine groups is 1. The Kier molecular flexibility index (Phi) is 6.42. The summed E-state index contributed by atoms with van der Waals surface area (Å²) in [5.74, 6) is 0. The van der Waals surface area contributed by atoms with Crippen molar-refractivity contribution in [2.24, 2.45) is 4.99 Å². The lowest BCUT2D eigenvalue weighted by molar-refractivity contribution is 0.570. The summed E-state index contributed by atoms with van der Waals surface area (Å²) in [4.78, 5) is 7.21. The van der Waals surface area contributed by atoms with Crippen LogP contribution in [-0.2, 0) is 0 Å². The van der Waals surface area contributed by atoms with Crippen molar-refractivity contribution in [3.8, 4) is 0 Å². The highest BCUT2D eigenvalue weighted by atomic mass is 35.5. The Hall–Kier alpha value is -0.780. The zero-order valence-electron chi connectivity index (χ0n) is 14.0. The van der Waals surface area contributed by atoms with Crippen molar-refractivity contribution in [1.29, 1.82) is 0 Å². The highest BCUT2D eigenvalue weighted by molar-refractivity contribution is 8.14. The van der Waals surface area contributed by atoms with E-state index in [-0.39, 0.29) is 0 Å². The van der Waals surface area contributed by atoms with Crippen molar-refractivity contribution < 1.29 is 0 Å². The Morgan fingerprint density at radius 3 is 2.75 bits per heavy atom. The van der Waals surface area contributed by atoms with Gasteiger partial charge in [0.2, 0.25) is 0 Å². The van der Waals surface area contributed by atoms with Crippen molar-refractivity contribution in [2.75, 3.05) is 11.9 Å². The van der Waals surface area contributed by atoms with Crippen LogP contribution in [0.3, 0.4) is 0 Å². The lowest BCUT2D eigenvalue weighted by Gasteiger charge is -2.21. The fraction of sp³-hybridized carbons (Fsp3) is 0.556. The average Bonchev–Trinajstić information content (AvgIpc) is 2.74. The first-order valence-electron chi connectivity index (χ1n) is 8.70. The minimum atomic E-state index is 0.455. The van der Waals surface area contributed by atoms with E-state index in [0.717, 1.165) is 17.4 Å². The van der Waals surface area contributed by atoms with Gasteiger partial charge in [-0.3, -0.25) is 9.89 Å². The van der Waals surface area contributed by atoms with Crippen LogP contribution in [0.2, 0.25) is 5.02 Å². The monoisotopic (exact) mass is 381 g/mol. The third-order valence-corrected chi connectivity index (χ3v) is 6.06. The molecule has 0 spiro atoms. The predicted molar refractivity (Wildman–Crippen MR) is 110 cm³/mol. The quantitative estimate of drug-likeness (QED) is 0.536. The Morgan fingerprint density at radius 1 is 1.29 bits per heavy atom. The molecule has 0 amide bonds. The summed E-state index contributed by atoms with van der Waals surface area (Å²) >= 11 is 13.5. The van der Waals surface area contributed by atoms with Gasteiger partial charge in [-0.2, -0.15) is 0 Å². The molecule has 1 aromatic carbocycles. The number of thioether (sulfide) groups is 1. The molecule has 2 aliphatic rings. The van der Waals surface area contributed by atoms with Crippen LogP contribution in [0, 0.1) is 0 Å². The Balaban J connectivity index is 1.70. The molecule has 1 N–H and O–H groups in total. The zero-order valence-corrected chi connectivity index (χ0v) is 16.4. The minimum Gasteiger partial charge on any atom is -0.332 e. The summed E-state index contributed by atoms with van der Waals surface area (Å²) in [6.45, 7) is 3.14. The van der Waals surface area contributed by atoms with Gasteiger partial charge in [-0.05, 0) is 43.3 Å². The zero-order chi connectivity index (χ0) is 16.9. The standard InChI is InChI=1S/C18H24ClN3S2/c1-13-12-22(17(23)20-16-10-6-7-14(19)11-16)18(24-13)21-15-8-4-2-3-5-9-15/h6-7,10-11,13,15H,2-5,8-9,12H2,1H3,(H,20,23)/b21-18+. The van der Waals surface area contributed by atoms with Crippen LogP contribution in [-0.4, -0.2) is 33.0 Å². The molecule has 3 rings (SSSR count). The summed E-state index contributed by atoms with van der Waals surface area (Å²) in [6, 6.07) is 8.12. The van der Waals surface area contributed by atoms with E-state index in [1.165, 1.54) is 38.5 Å². The van der Waals surface area contributed by atoms with Gasteiger partial charge in [-0.15, -0.1) is 0 Å². The van der Waals surface area contributed by atoms with Crippen molar-refractivity contribution in [3.63, 3.8) is 0 Å². The molecule has 0 bridgehead atoms. The summed E-state index contributed by atoms with van der Waals surface area (Å²) in [5, 5.41) is 6.31. The minimum absolute atomic E-state index is 0.455. The van der Waals surface area contributed by atoms with E-state index in [1.807, 2.05) is 36.0 Å². The van der Waals surface area contributed by atoms with Crippen LogP contribution in [0.25, 0.3) is 0 Å². The highest BCUT2D eigenvalue weighted by Gasteiger charge is 2.29. The number of halogens is 1. The normalized spacial score (nSPS) is 24.2. The molecule has 24 heavy (non-hydrogen) atoms. The van der Waals surface area contributed by atoms with Gasteiger partial charge in [0.05, 0.1) is 6.04 Å². The summed E-state index contributed by atoms with van der Waals surface area (Å²) in [7, 11) is 0. The third-order valence-electron chi connectivity index (χ3n) is 4.42. The number of rotatable bonds is 2. The Labute approximate surface area is 159 Å². The summed E-state index contributed by atoms with van der Waals surface area (Å²) < 4.78 is 0. The molecule has 1 aromatic rings. The first kappa shape index (κ1) is 18.0. The van der Waals surface area contributed by atoms with Crippen LogP contribution >= 0.6 is 35.6 Å². The van der Waals surface area contributed by atoms with Gasteiger partial charge >= 0.3 is 0 Å². The van der Waals surface area contributed by atoms with Gasteiger partial charge in [0.15, 0.2) is 10.3 Å². The number of nitrogens with zero attached hydrogens (tertiary/aromatic N) is 2. The number of nitrogens with one attached hydrogen (secondary N) is 1. The summed E-state index contributed by atoms with van der Waals surface area (Å²) in [5.41, 5.74) is 0.922. The van der Waals surface area contributed by atoms with Gasteiger partial charge in [0.1, 0.15) is 0 Å². The van der Waals surface area contributed by atoms with E-state index in [4.69, 9.17) is 28.8 Å². The number of anilines is 1. The van der Waals surface area contributed by atoms with E-state index < -0.39 is 0 Å². The number of aliphatic imine (C=N–C) groups is 1. The van der Waals surface area contributed by atoms with E-state index in [2.05, 4.69) is 17.1 Å². The van der Waals surface area contributed by atoms with E-state index in [9.17, 15) is 0 Å². The molecule has 3 nitrogen and oxygen atoms in total. The maximum Gasteiger partial charge on any atom is 0.179 e. The lowest BCUT2D eigenvalue weighted by Crippen LogP contribution is -2.36. The lowest BCUT2D eigenvalue weighted by atomic mass is 10.1. The Bertz CT molecular complexity index is 612. The fourth-order valence-corrected chi connectivity index (χ4v) is 4.80. The number of benzene rings is 1. The fourth-order valence-electron chi connectivity index (χ4n) is 3.19. The van der Waals surface area contributed by atoms with Crippen LogP contribution < -0.4 is 5.32 Å². The second-order valence-electron chi connectivity index (χ2n) is 6.54. The molecule has 6 heteroatoms. The number of hydrogen-bond donors (Lipinski definition) is 1.